The Kier molecular flexibility index (Phi) is 6.35. The van der Waals surface area contributed by atoms with Crippen molar-refractivity contribution in [2.45, 2.75) is 51.0 Å². The number of carbonyl (C=O) groups is 2. The third kappa shape index (κ3) is 4.98. The van der Waals surface area contributed by atoms with Gasteiger partial charge in [-0.2, -0.15) is 0 Å². The summed E-state index contributed by atoms with van der Waals surface area (Å²) in [6.07, 6.45) is -0.770. The summed E-state index contributed by atoms with van der Waals surface area (Å²) >= 11 is 0. The lowest BCUT2D eigenvalue weighted by Crippen LogP contribution is -2.45. The van der Waals surface area contributed by atoms with Gasteiger partial charge >= 0.3 is 0 Å². The van der Waals surface area contributed by atoms with E-state index in [9.17, 15) is 14.7 Å². The molecule has 178 valence electrons. The van der Waals surface area contributed by atoms with E-state index in [0.717, 1.165) is 11.3 Å². The largest absolute Gasteiger partial charge is 0.550 e. The van der Waals surface area contributed by atoms with Crippen LogP contribution < -0.4 is 15.3 Å². The first-order chi connectivity index (χ1) is 15.6. The van der Waals surface area contributed by atoms with Crippen molar-refractivity contribution in [2.75, 3.05) is 32.2 Å². The average Bonchev–Trinajstić information content (AvgIpc) is 3.43. The number of anilines is 1. The number of rotatable bonds is 8. The Balaban J connectivity index is 1.43. The number of nitrogens with zero attached hydrogens (tertiary/aromatic N) is 5. The number of benzene rings is 1. The van der Waals surface area contributed by atoms with Gasteiger partial charge in [-0.05, 0) is 46.5 Å². The average molecular weight is 458 g/mol. The number of nitrogens with one attached hydrogen (secondary N) is 1. The van der Waals surface area contributed by atoms with Crippen LogP contribution in [0.25, 0.3) is 11.4 Å². The van der Waals surface area contributed by atoms with E-state index in [2.05, 4.69) is 20.8 Å². The van der Waals surface area contributed by atoms with E-state index in [1.54, 1.807) is 18.5 Å². The van der Waals surface area contributed by atoms with E-state index < -0.39 is 11.4 Å². The maximum atomic E-state index is 12.5. The molecule has 3 heterocycles. The fourth-order valence-corrected chi connectivity index (χ4v) is 4.47. The molecule has 0 saturated carbocycles. The minimum Gasteiger partial charge on any atom is -0.550 e. The van der Waals surface area contributed by atoms with Gasteiger partial charge in [0.25, 0.3) is 0 Å². The quantitative estimate of drug-likeness (QED) is 0.571. The van der Waals surface area contributed by atoms with Crippen LogP contribution in [0.15, 0.2) is 24.3 Å². The summed E-state index contributed by atoms with van der Waals surface area (Å²) < 4.78 is 13.7. The van der Waals surface area contributed by atoms with Gasteiger partial charge in [0.15, 0.2) is 5.82 Å². The molecule has 4 atom stereocenters. The van der Waals surface area contributed by atoms with Crippen LogP contribution >= 0.6 is 0 Å². The van der Waals surface area contributed by atoms with Crippen molar-refractivity contribution >= 4 is 17.6 Å². The molecule has 33 heavy (non-hydrogen) atoms. The number of carboxylic acid groups (broad SMARTS) is 1. The summed E-state index contributed by atoms with van der Waals surface area (Å²) in [6.45, 7) is 4.10. The van der Waals surface area contributed by atoms with Crippen molar-refractivity contribution in [2.24, 2.45) is 5.41 Å². The Hall–Kier alpha value is -3.05. The van der Waals surface area contributed by atoms with E-state index in [0.29, 0.717) is 19.0 Å². The van der Waals surface area contributed by atoms with Gasteiger partial charge < -0.3 is 29.6 Å². The molecule has 0 unspecified atom stereocenters. The third-order valence-corrected chi connectivity index (χ3v) is 6.08. The number of aliphatic carboxylic acids is 1. The summed E-state index contributed by atoms with van der Waals surface area (Å²) in [5, 5.41) is 26.1. The maximum Gasteiger partial charge on any atom is 0.220 e. The second-order valence-corrected chi connectivity index (χ2v) is 9.62. The number of aromatic nitrogens is 4. The van der Waals surface area contributed by atoms with Gasteiger partial charge in [-0.25, -0.2) is 4.68 Å². The summed E-state index contributed by atoms with van der Waals surface area (Å²) in [5.74, 6) is -0.797. The normalized spacial score (nSPS) is 24.5. The number of carboxylic acids is 1. The fourth-order valence-electron chi connectivity index (χ4n) is 4.47. The molecule has 2 saturated heterocycles. The first kappa shape index (κ1) is 23.1. The van der Waals surface area contributed by atoms with Crippen LogP contribution in [-0.4, -0.2) is 77.6 Å². The van der Waals surface area contributed by atoms with Gasteiger partial charge in [0, 0.05) is 37.7 Å². The molecule has 2 fully saturated rings. The van der Waals surface area contributed by atoms with E-state index >= 15 is 0 Å². The summed E-state index contributed by atoms with van der Waals surface area (Å²) in [4.78, 5) is 25.5. The summed E-state index contributed by atoms with van der Waals surface area (Å²) in [6, 6.07) is 7.38. The lowest BCUT2D eigenvalue weighted by molar-refractivity contribution is -0.307. The monoisotopic (exact) mass is 457 g/mol. The van der Waals surface area contributed by atoms with Crippen LogP contribution in [0.3, 0.4) is 0 Å². The highest BCUT2D eigenvalue weighted by atomic mass is 16.6. The SMILES string of the molecule is CN(C)c1ccc(-c2nnnn2[C@H]2CO[C@H]3[C@@H]2OC[C@@H]3NC(=O)CC(C)(C)CC(=O)[O-])cc1. The Labute approximate surface area is 192 Å². The topological polar surface area (TPSA) is 135 Å². The Morgan fingerprint density at radius 2 is 1.85 bits per heavy atom. The highest BCUT2D eigenvalue weighted by Gasteiger charge is 2.50. The Bertz CT molecular complexity index is 1000. The predicted molar refractivity (Wildman–Crippen MR) is 116 cm³/mol. The molecule has 0 radical (unpaired) electrons. The standard InChI is InChI=1S/C22H30N6O5/c1-22(2,10-18(30)31)9-17(29)23-15-11-32-20-16(12-33-19(15)20)28-21(24-25-26-28)13-5-7-14(8-6-13)27(3)4/h5-8,15-16,19-20H,9-12H2,1-4H3,(H,23,29)(H,30,31)/p-1/t15-,16-,19+,20+/m0/s1. The molecule has 0 bridgehead atoms. The van der Waals surface area contributed by atoms with Gasteiger partial charge in [-0.1, -0.05) is 13.8 Å². The molecule has 11 nitrogen and oxygen atoms in total. The van der Waals surface area contributed by atoms with Crippen molar-refractivity contribution in [3.8, 4) is 11.4 Å². The zero-order valence-electron chi connectivity index (χ0n) is 19.2. The second-order valence-electron chi connectivity index (χ2n) is 9.62. The molecular formula is C22H29N6O5-. The zero-order valence-corrected chi connectivity index (χ0v) is 19.2. The second kappa shape index (κ2) is 9.06. The smallest absolute Gasteiger partial charge is 0.220 e. The van der Waals surface area contributed by atoms with Crippen molar-refractivity contribution in [3.63, 3.8) is 0 Å². The van der Waals surface area contributed by atoms with Gasteiger partial charge in [-0.15, -0.1) is 5.10 Å². The number of hydrogen-bond acceptors (Lipinski definition) is 9. The maximum absolute atomic E-state index is 12.5. The minimum atomic E-state index is -1.17. The molecule has 2 aliphatic rings. The third-order valence-electron chi connectivity index (χ3n) is 6.08. The first-order valence-electron chi connectivity index (χ1n) is 10.9. The van der Waals surface area contributed by atoms with Crippen LogP contribution in [0.1, 0.15) is 32.7 Å². The summed E-state index contributed by atoms with van der Waals surface area (Å²) in [5.41, 5.74) is 1.25. The highest BCUT2D eigenvalue weighted by Crippen LogP contribution is 2.36. The Morgan fingerprint density at radius 1 is 1.15 bits per heavy atom. The minimum absolute atomic E-state index is 0.0678. The molecule has 0 aliphatic carbocycles. The van der Waals surface area contributed by atoms with Crippen molar-refractivity contribution < 1.29 is 24.2 Å². The molecule has 1 N–H and O–H groups in total. The van der Waals surface area contributed by atoms with Crippen molar-refractivity contribution in [1.82, 2.24) is 25.5 Å². The number of tetrazole rings is 1. The first-order valence-corrected chi connectivity index (χ1v) is 10.9. The van der Waals surface area contributed by atoms with Gasteiger partial charge in [0.1, 0.15) is 18.2 Å². The van der Waals surface area contributed by atoms with Gasteiger partial charge in [0.2, 0.25) is 5.91 Å². The summed E-state index contributed by atoms with van der Waals surface area (Å²) in [7, 11) is 3.96. The van der Waals surface area contributed by atoms with Crippen LogP contribution in [0.5, 0.6) is 0 Å². The van der Waals surface area contributed by atoms with Crippen molar-refractivity contribution in [1.29, 1.82) is 0 Å². The van der Waals surface area contributed by atoms with Gasteiger partial charge in [-0.3, -0.25) is 4.79 Å². The van der Waals surface area contributed by atoms with Crippen LogP contribution in [0.4, 0.5) is 5.69 Å². The molecule has 1 aromatic carbocycles. The number of amides is 1. The molecule has 1 amide bonds. The van der Waals surface area contributed by atoms with Crippen LogP contribution in [0.2, 0.25) is 0 Å². The van der Waals surface area contributed by atoms with E-state index in [4.69, 9.17) is 9.47 Å². The van der Waals surface area contributed by atoms with Crippen LogP contribution in [0, 0.1) is 5.41 Å². The van der Waals surface area contributed by atoms with E-state index in [-0.39, 0.29) is 43.0 Å². The number of ether oxygens (including phenoxy) is 2. The number of hydrogen-bond donors (Lipinski definition) is 1. The zero-order chi connectivity index (χ0) is 23.8. The molecule has 2 aromatic rings. The lowest BCUT2D eigenvalue weighted by Gasteiger charge is -2.26. The van der Waals surface area contributed by atoms with Crippen molar-refractivity contribution in [3.05, 3.63) is 24.3 Å². The molecule has 1 aromatic heterocycles. The number of fused-ring (bicyclic) bond motifs is 1. The van der Waals surface area contributed by atoms with Gasteiger partial charge in [0.05, 0.1) is 19.3 Å². The lowest BCUT2D eigenvalue weighted by atomic mass is 9.85. The molecule has 0 spiro atoms. The van der Waals surface area contributed by atoms with E-state index in [1.807, 2.05) is 43.3 Å². The van der Waals surface area contributed by atoms with Crippen LogP contribution in [-0.2, 0) is 19.1 Å². The number of carbonyl (C=O) groups excluding carboxylic acids is 2. The van der Waals surface area contributed by atoms with E-state index in [1.165, 1.54) is 0 Å². The molecule has 2 aliphatic heterocycles. The molecule has 11 heteroatoms. The molecule has 4 rings (SSSR count). The highest BCUT2D eigenvalue weighted by molar-refractivity contribution is 5.78. The predicted octanol–water partition coefficient (Wildman–Crippen LogP) is -0.214. The molecular weight excluding hydrogens is 428 g/mol. The fraction of sp³-hybridized carbons (Fsp3) is 0.591. The Morgan fingerprint density at radius 3 is 2.52 bits per heavy atom.